The van der Waals surface area contributed by atoms with Gasteiger partial charge in [-0.3, -0.25) is 14.8 Å². The predicted octanol–water partition coefficient (Wildman–Crippen LogP) is 0.419. The van der Waals surface area contributed by atoms with Gasteiger partial charge in [0, 0.05) is 5.56 Å². The molecule has 0 aliphatic rings. The number of rotatable bonds is 7. The minimum absolute atomic E-state index is 0.345. The highest BCUT2D eigenvalue weighted by atomic mass is 16.5. The van der Waals surface area contributed by atoms with Crippen LogP contribution in [0.3, 0.4) is 0 Å². The molecule has 0 heterocycles. The third kappa shape index (κ3) is 5.07. The first kappa shape index (κ1) is 15.1. The molecule has 0 aromatic heterocycles. The highest BCUT2D eigenvalue weighted by molar-refractivity contribution is 5.97. The summed E-state index contributed by atoms with van der Waals surface area (Å²) in [5, 5.41) is 11.3. The van der Waals surface area contributed by atoms with Gasteiger partial charge in [-0.05, 0) is 37.9 Å². The molecule has 19 heavy (non-hydrogen) atoms. The number of carbonyl (C=O) groups excluding carboxylic acids is 2. The second kappa shape index (κ2) is 8.23. The van der Waals surface area contributed by atoms with Crippen LogP contribution < -0.4 is 16.5 Å². The van der Waals surface area contributed by atoms with Crippen LogP contribution in [-0.4, -0.2) is 29.6 Å². The van der Waals surface area contributed by atoms with E-state index in [1.54, 1.807) is 35.8 Å². The van der Waals surface area contributed by atoms with Crippen LogP contribution in [0.15, 0.2) is 30.3 Å². The topological polar surface area (TPSA) is 104 Å². The zero-order valence-electron chi connectivity index (χ0n) is 10.6. The number of benzene rings is 1. The minimum atomic E-state index is -0.760. The molecule has 1 aromatic rings. The molecule has 1 aromatic carbocycles. The van der Waals surface area contributed by atoms with Crippen molar-refractivity contribution in [3.05, 3.63) is 35.9 Å². The lowest BCUT2D eigenvalue weighted by Gasteiger charge is -2.16. The zero-order valence-corrected chi connectivity index (χ0v) is 10.6. The van der Waals surface area contributed by atoms with Crippen molar-refractivity contribution in [2.24, 2.45) is 5.73 Å². The Morgan fingerprint density at radius 1 is 1.21 bits per heavy atom. The number of nitrogens with one attached hydrogen (secondary N) is 2. The van der Waals surface area contributed by atoms with Crippen LogP contribution in [0.5, 0.6) is 0 Å². The molecule has 6 heteroatoms. The molecule has 0 saturated carbocycles. The van der Waals surface area contributed by atoms with E-state index in [0.29, 0.717) is 24.9 Å². The largest absolute Gasteiger partial charge is 0.340 e. The maximum Gasteiger partial charge on any atom is 0.265 e. The maximum absolute atomic E-state index is 11.9. The van der Waals surface area contributed by atoms with Crippen molar-refractivity contribution in [2.75, 3.05) is 6.54 Å². The fourth-order valence-electron chi connectivity index (χ4n) is 1.67. The molecule has 0 spiro atoms. The van der Waals surface area contributed by atoms with E-state index in [1.807, 2.05) is 0 Å². The Morgan fingerprint density at radius 2 is 1.89 bits per heavy atom. The smallest absolute Gasteiger partial charge is 0.265 e. The zero-order chi connectivity index (χ0) is 14.1. The average Bonchev–Trinajstić information content (AvgIpc) is 2.46. The lowest BCUT2D eigenvalue weighted by atomic mass is 10.1. The summed E-state index contributed by atoms with van der Waals surface area (Å²) in [4.78, 5) is 23.4. The Kier molecular flexibility index (Phi) is 6.56. The van der Waals surface area contributed by atoms with Gasteiger partial charge >= 0.3 is 0 Å². The van der Waals surface area contributed by atoms with Crippen LogP contribution in [0.4, 0.5) is 0 Å². The van der Waals surface area contributed by atoms with Gasteiger partial charge in [0.05, 0.1) is 0 Å². The highest BCUT2D eigenvalue weighted by Crippen LogP contribution is 2.04. The molecular weight excluding hydrogens is 246 g/mol. The standard InChI is InChI=1S/C13H19N3O3/c14-9-5-4-8-11(13(18)16-19)15-12(17)10-6-2-1-3-7-10/h1-3,6-7,11,19H,4-5,8-9,14H2,(H,15,17)(H,16,18)/t11-/m1/s1. The number of nitrogens with two attached hydrogens (primary N) is 1. The summed E-state index contributed by atoms with van der Waals surface area (Å²) >= 11 is 0. The van der Waals surface area contributed by atoms with E-state index >= 15 is 0 Å². The van der Waals surface area contributed by atoms with Gasteiger partial charge < -0.3 is 11.1 Å². The summed E-state index contributed by atoms with van der Waals surface area (Å²) < 4.78 is 0. The van der Waals surface area contributed by atoms with Crippen LogP contribution in [-0.2, 0) is 4.79 Å². The molecule has 104 valence electrons. The van der Waals surface area contributed by atoms with Crippen molar-refractivity contribution in [1.29, 1.82) is 0 Å². The summed E-state index contributed by atoms with van der Waals surface area (Å²) in [5.74, 6) is -0.969. The van der Waals surface area contributed by atoms with Gasteiger partial charge in [0.2, 0.25) is 0 Å². The van der Waals surface area contributed by atoms with Crippen LogP contribution in [0.2, 0.25) is 0 Å². The van der Waals surface area contributed by atoms with Crippen LogP contribution in [0.25, 0.3) is 0 Å². The maximum atomic E-state index is 11.9. The fourth-order valence-corrected chi connectivity index (χ4v) is 1.67. The lowest BCUT2D eigenvalue weighted by molar-refractivity contribution is -0.131. The van der Waals surface area contributed by atoms with Crippen molar-refractivity contribution in [3.8, 4) is 0 Å². The second-order valence-electron chi connectivity index (χ2n) is 4.15. The number of hydrogen-bond donors (Lipinski definition) is 4. The lowest BCUT2D eigenvalue weighted by Crippen LogP contribution is -2.45. The van der Waals surface area contributed by atoms with Crippen molar-refractivity contribution in [3.63, 3.8) is 0 Å². The minimum Gasteiger partial charge on any atom is -0.340 e. The van der Waals surface area contributed by atoms with E-state index in [-0.39, 0.29) is 5.91 Å². The molecule has 5 N–H and O–H groups in total. The summed E-state index contributed by atoms with van der Waals surface area (Å²) in [6.07, 6.45) is 1.89. The Balaban J connectivity index is 2.61. The van der Waals surface area contributed by atoms with Crippen molar-refractivity contribution in [1.82, 2.24) is 10.8 Å². The number of hydrogen-bond acceptors (Lipinski definition) is 4. The molecule has 1 atom stereocenters. The summed E-state index contributed by atoms with van der Waals surface area (Å²) in [6, 6.07) is 7.83. The fraction of sp³-hybridized carbons (Fsp3) is 0.385. The molecule has 0 radical (unpaired) electrons. The van der Waals surface area contributed by atoms with Gasteiger partial charge in [0.15, 0.2) is 0 Å². The van der Waals surface area contributed by atoms with Gasteiger partial charge in [0.1, 0.15) is 6.04 Å². The second-order valence-corrected chi connectivity index (χ2v) is 4.15. The van der Waals surface area contributed by atoms with E-state index in [0.717, 1.165) is 6.42 Å². The Morgan fingerprint density at radius 3 is 2.47 bits per heavy atom. The quantitative estimate of drug-likeness (QED) is 0.326. The normalized spacial score (nSPS) is 11.7. The summed E-state index contributed by atoms with van der Waals surface area (Å²) in [7, 11) is 0. The van der Waals surface area contributed by atoms with Crippen molar-refractivity contribution < 1.29 is 14.8 Å². The predicted molar refractivity (Wildman–Crippen MR) is 70.5 cm³/mol. The molecule has 2 amide bonds. The third-order valence-corrected chi connectivity index (χ3v) is 2.71. The Bertz CT molecular complexity index is 409. The molecule has 0 fully saturated rings. The van der Waals surface area contributed by atoms with E-state index in [1.165, 1.54) is 0 Å². The molecule has 0 saturated heterocycles. The summed E-state index contributed by atoms with van der Waals surface area (Å²) in [6.45, 7) is 0.528. The molecule has 0 bridgehead atoms. The number of carbonyl (C=O) groups is 2. The van der Waals surface area contributed by atoms with E-state index in [2.05, 4.69) is 5.32 Å². The van der Waals surface area contributed by atoms with Gasteiger partial charge in [0.25, 0.3) is 11.8 Å². The molecule has 0 aliphatic heterocycles. The van der Waals surface area contributed by atoms with E-state index < -0.39 is 11.9 Å². The first-order valence-corrected chi connectivity index (χ1v) is 6.19. The average molecular weight is 265 g/mol. The number of hydroxylamine groups is 1. The highest BCUT2D eigenvalue weighted by Gasteiger charge is 2.20. The van der Waals surface area contributed by atoms with Crippen molar-refractivity contribution >= 4 is 11.8 Å². The van der Waals surface area contributed by atoms with Crippen LogP contribution in [0, 0.1) is 0 Å². The monoisotopic (exact) mass is 265 g/mol. The first-order valence-electron chi connectivity index (χ1n) is 6.19. The number of unbranched alkanes of at least 4 members (excludes halogenated alkanes) is 1. The van der Waals surface area contributed by atoms with Gasteiger partial charge in [-0.2, -0.15) is 0 Å². The van der Waals surface area contributed by atoms with Gasteiger partial charge in [-0.1, -0.05) is 18.2 Å². The third-order valence-electron chi connectivity index (χ3n) is 2.71. The molecule has 0 aliphatic carbocycles. The van der Waals surface area contributed by atoms with Gasteiger partial charge in [-0.25, -0.2) is 5.48 Å². The van der Waals surface area contributed by atoms with E-state index in [4.69, 9.17) is 10.9 Å². The Hall–Kier alpha value is -1.92. The molecule has 0 unspecified atom stereocenters. The van der Waals surface area contributed by atoms with E-state index in [9.17, 15) is 9.59 Å². The van der Waals surface area contributed by atoms with Gasteiger partial charge in [-0.15, -0.1) is 0 Å². The SMILES string of the molecule is NCCCC[C@@H](NC(=O)c1ccccc1)C(=O)NO. The number of amides is 2. The Labute approximate surface area is 111 Å². The molecule has 6 nitrogen and oxygen atoms in total. The van der Waals surface area contributed by atoms with Crippen LogP contribution in [0.1, 0.15) is 29.6 Å². The molecular formula is C13H19N3O3. The van der Waals surface area contributed by atoms with Crippen LogP contribution >= 0.6 is 0 Å². The molecule has 1 rings (SSSR count). The summed E-state index contributed by atoms with van der Waals surface area (Å²) in [5.41, 5.74) is 7.41. The van der Waals surface area contributed by atoms with Crippen molar-refractivity contribution in [2.45, 2.75) is 25.3 Å². The first-order chi connectivity index (χ1) is 9.19.